The van der Waals surface area contributed by atoms with E-state index in [-0.39, 0.29) is 24.6 Å². The number of aromatic nitrogens is 2. The second-order valence-corrected chi connectivity index (χ2v) is 5.84. The third kappa shape index (κ3) is 3.84. The number of hydrogen-bond acceptors (Lipinski definition) is 4. The first-order valence-corrected chi connectivity index (χ1v) is 8.13. The van der Waals surface area contributed by atoms with Crippen LogP contribution in [0, 0.1) is 0 Å². The van der Waals surface area contributed by atoms with Gasteiger partial charge >= 0.3 is 5.69 Å². The number of amides is 1. The van der Waals surface area contributed by atoms with Crippen LogP contribution in [0.25, 0.3) is 11.1 Å². The topological polar surface area (TPSA) is 118 Å². The van der Waals surface area contributed by atoms with Crippen LogP contribution < -0.4 is 11.0 Å². The van der Waals surface area contributed by atoms with Crippen LogP contribution in [0.5, 0.6) is 5.88 Å². The Balaban J connectivity index is 1.82. The average Bonchev–Trinajstić information content (AvgIpc) is 2.97. The van der Waals surface area contributed by atoms with Gasteiger partial charge < -0.3 is 20.5 Å². The number of carbonyl (C=O) groups is 1. The lowest BCUT2D eigenvalue weighted by atomic mass is 9.95. The highest BCUT2D eigenvalue weighted by molar-refractivity contribution is 5.79. The lowest BCUT2D eigenvalue weighted by Gasteiger charge is -2.20. The van der Waals surface area contributed by atoms with Crippen molar-refractivity contribution in [3.05, 3.63) is 76.3 Å². The van der Waals surface area contributed by atoms with Crippen molar-refractivity contribution in [2.45, 2.75) is 12.5 Å². The van der Waals surface area contributed by atoms with E-state index in [1.165, 1.54) is 0 Å². The summed E-state index contributed by atoms with van der Waals surface area (Å²) in [6, 6.07) is 16.6. The van der Waals surface area contributed by atoms with Crippen LogP contribution in [0.4, 0.5) is 0 Å². The second-order valence-electron chi connectivity index (χ2n) is 5.84. The van der Waals surface area contributed by atoms with E-state index in [1.54, 1.807) is 0 Å². The van der Waals surface area contributed by atoms with Crippen molar-refractivity contribution < 1.29 is 15.0 Å². The quantitative estimate of drug-likeness (QED) is 0.461. The largest absolute Gasteiger partial charge is 0.493 e. The summed E-state index contributed by atoms with van der Waals surface area (Å²) in [5.74, 6) is -0.798. The van der Waals surface area contributed by atoms with Crippen molar-refractivity contribution in [1.82, 2.24) is 15.3 Å². The smallest absolute Gasteiger partial charge is 0.325 e. The summed E-state index contributed by atoms with van der Waals surface area (Å²) in [5.41, 5.74) is 2.18. The number of aliphatic hydroxyl groups is 1. The Hall–Kier alpha value is -3.32. The van der Waals surface area contributed by atoms with E-state index in [9.17, 15) is 19.8 Å². The normalized spacial score (nSPS) is 11.9. The minimum Gasteiger partial charge on any atom is -0.493 e. The SMILES string of the molecule is O=C(Cc1[nH]c(=O)[nH]c1O)NC(CO)c1ccccc1-c1ccccc1. The van der Waals surface area contributed by atoms with Crippen LogP contribution in [0.1, 0.15) is 17.3 Å². The summed E-state index contributed by atoms with van der Waals surface area (Å²) in [6.07, 6.45) is -0.214. The number of nitrogens with one attached hydrogen (secondary N) is 3. The standard InChI is InChI=1S/C19H19N3O4/c23-11-16(20-17(24)10-15-18(25)22-19(26)21-15)14-9-5-4-8-13(14)12-6-2-1-3-7-12/h1-9,16,23,25H,10-11H2,(H,20,24)(H2,21,22,26). The molecule has 3 aromatic rings. The summed E-state index contributed by atoms with van der Waals surface area (Å²) in [4.78, 5) is 28.0. The van der Waals surface area contributed by atoms with Gasteiger partial charge in [-0.1, -0.05) is 54.6 Å². The van der Waals surface area contributed by atoms with E-state index in [4.69, 9.17) is 0 Å². The molecule has 1 unspecified atom stereocenters. The first-order chi connectivity index (χ1) is 12.6. The molecular weight excluding hydrogens is 334 g/mol. The molecule has 7 heteroatoms. The highest BCUT2D eigenvalue weighted by atomic mass is 16.3. The maximum absolute atomic E-state index is 12.3. The zero-order chi connectivity index (χ0) is 18.5. The number of imidazole rings is 1. The van der Waals surface area contributed by atoms with E-state index in [0.717, 1.165) is 16.7 Å². The van der Waals surface area contributed by atoms with Gasteiger partial charge in [0.2, 0.25) is 11.8 Å². The Bertz CT molecular complexity index is 947. The van der Waals surface area contributed by atoms with Crippen LogP contribution in [0.3, 0.4) is 0 Å². The Kier molecular flexibility index (Phi) is 5.19. The number of aromatic amines is 2. The summed E-state index contributed by atoms with van der Waals surface area (Å²) in [7, 11) is 0. The zero-order valence-electron chi connectivity index (χ0n) is 13.9. The summed E-state index contributed by atoms with van der Waals surface area (Å²) in [5, 5.41) is 22.1. The predicted octanol–water partition coefficient (Wildman–Crippen LogP) is 1.47. The molecular formula is C19H19N3O4. The molecule has 7 nitrogen and oxygen atoms in total. The molecule has 1 amide bonds. The highest BCUT2D eigenvalue weighted by Crippen LogP contribution is 2.28. The van der Waals surface area contributed by atoms with Gasteiger partial charge in [-0.3, -0.25) is 9.78 Å². The minimum absolute atomic E-state index is 0.0977. The van der Waals surface area contributed by atoms with Gasteiger partial charge in [0, 0.05) is 0 Å². The Labute approximate surface area is 149 Å². The van der Waals surface area contributed by atoms with Gasteiger partial charge in [0.15, 0.2) is 0 Å². The Morgan fingerprint density at radius 3 is 2.38 bits per heavy atom. The molecule has 0 radical (unpaired) electrons. The van der Waals surface area contributed by atoms with E-state index in [0.29, 0.717) is 0 Å². The molecule has 5 N–H and O–H groups in total. The van der Waals surface area contributed by atoms with Crippen molar-refractivity contribution in [3.63, 3.8) is 0 Å². The maximum atomic E-state index is 12.3. The molecule has 0 saturated carbocycles. The molecule has 1 heterocycles. The Morgan fingerprint density at radius 1 is 1.04 bits per heavy atom. The van der Waals surface area contributed by atoms with Crippen molar-refractivity contribution >= 4 is 5.91 Å². The predicted molar refractivity (Wildman–Crippen MR) is 96.6 cm³/mol. The summed E-state index contributed by atoms with van der Waals surface area (Å²) >= 11 is 0. The van der Waals surface area contributed by atoms with Crippen LogP contribution >= 0.6 is 0 Å². The molecule has 0 saturated heterocycles. The lowest BCUT2D eigenvalue weighted by molar-refractivity contribution is -0.121. The Morgan fingerprint density at radius 2 is 1.73 bits per heavy atom. The molecule has 134 valence electrons. The average molecular weight is 353 g/mol. The zero-order valence-corrected chi connectivity index (χ0v) is 13.9. The highest BCUT2D eigenvalue weighted by Gasteiger charge is 2.19. The monoisotopic (exact) mass is 353 g/mol. The van der Waals surface area contributed by atoms with Gasteiger partial charge in [0.05, 0.1) is 24.8 Å². The molecule has 0 aliphatic carbocycles. The van der Waals surface area contributed by atoms with Gasteiger partial charge in [-0.15, -0.1) is 0 Å². The van der Waals surface area contributed by atoms with Crippen LogP contribution in [-0.2, 0) is 11.2 Å². The van der Waals surface area contributed by atoms with Crippen molar-refractivity contribution in [2.75, 3.05) is 6.61 Å². The molecule has 0 aliphatic heterocycles. The minimum atomic E-state index is -0.619. The third-order valence-electron chi connectivity index (χ3n) is 4.06. The molecule has 1 atom stereocenters. The summed E-state index contributed by atoms with van der Waals surface area (Å²) < 4.78 is 0. The number of H-pyrrole nitrogens is 2. The molecule has 2 aromatic carbocycles. The van der Waals surface area contributed by atoms with Crippen molar-refractivity contribution in [3.8, 4) is 17.0 Å². The number of benzene rings is 2. The first-order valence-electron chi connectivity index (χ1n) is 8.13. The van der Waals surface area contributed by atoms with E-state index >= 15 is 0 Å². The number of aromatic hydroxyl groups is 1. The molecule has 0 fully saturated rings. The number of aliphatic hydroxyl groups excluding tert-OH is 1. The fourth-order valence-electron chi connectivity index (χ4n) is 2.85. The molecule has 1 aromatic heterocycles. The van der Waals surface area contributed by atoms with Gasteiger partial charge in [0.25, 0.3) is 0 Å². The van der Waals surface area contributed by atoms with Crippen molar-refractivity contribution in [2.24, 2.45) is 0 Å². The molecule has 26 heavy (non-hydrogen) atoms. The number of hydrogen-bond donors (Lipinski definition) is 5. The van der Waals surface area contributed by atoms with Gasteiger partial charge in [-0.2, -0.15) is 0 Å². The van der Waals surface area contributed by atoms with Gasteiger partial charge in [-0.25, -0.2) is 4.79 Å². The fraction of sp³-hybridized carbons (Fsp3) is 0.158. The maximum Gasteiger partial charge on any atom is 0.325 e. The second kappa shape index (κ2) is 7.71. The van der Waals surface area contributed by atoms with E-state index in [2.05, 4.69) is 15.3 Å². The van der Waals surface area contributed by atoms with Crippen LogP contribution in [0.2, 0.25) is 0 Å². The lowest BCUT2D eigenvalue weighted by Crippen LogP contribution is -2.32. The first kappa shape index (κ1) is 17.5. The van der Waals surface area contributed by atoms with E-state index < -0.39 is 17.6 Å². The number of carbonyl (C=O) groups excluding carboxylic acids is 1. The van der Waals surface area contributed by atoms with Gasteiger partial charge in [-0.05, 0) is 16.7 Å². The van der Waals surface area contributed by atoms with Gasteiger partial charge in [0.1, 0.15) is 0 Å². The molecule has 0 bridgehead atoms. The third-order valence-corrected chi connectivity index (χ3v) is 4.06. The van der Waals surface area contributed by atoms with E-state index in [1.807, 2.05) is 54.6 Å². The molecule has 0 spiro atoms. The van der Waals surface area contributed by atoms with Crippen LogP contribution in [0.15, 0.2) is 59.4 Å². The number of rotatable bonds is 6. The van der Waals surface area contributed by atoms with Crippen LogP contribution in [-0.4, -0.2) is 32.7 Å². The summed E-state index contributed by atoms with van der Waals surface area (Å²) in [6.45, 7) is -0.286. The van der Waals surface area contributed by atoms with Crippen molar-refractivity contribution in [1.29, 1.82) is 0 Å². The molecule has 3 rings (SSSR count). The fourth-order valence-corrected chi connectivity index (χ4v) is 2.85. The molecule has 0 aliphatic rings.